The Kier molecular flexibility index (Phi) is 3.50. The maximum atomic E-state index is 13.4. The maximum Gasteiger partial charge on any atom is 0.182 e. The molecule has 19 heavy (non-hydrogen) atoms. The quantitative estimate of drug-likeness (QED) is 0.861. The number of hydrogen-bond donors (Lipinski definition) is 1. The van der Waals surface area contributed by atoms with E-state index in [9.17, 15) is 4.39 Å². The highest BCUT2D eigenvalue weighted by molar-refractivity contribution is 5.61. The molecule has 0 aliphatic carbocycles. The summed E-state index contributed by atoms with van der Waals surface area (Å²) in [5.41, 5.74) is 6.39. The normalized spacial score (nSPS) is 11.8. The van der Waals surface area contributed by atoms with Gasteiger partial charge in [-0.2, -0.15) is 0 Å². The van der Waals surface area contributed by atoms with E-state index in [-0.39, 0.29) is 5.54 Å². The second-order valence-electron chi connectivity index (χ2n) is 5.25. The van der Waals surface area contributed by atoms with Crippen molar-refractivity contribution < 1.29 is 4.39 Å². The van der Waals surface area contributed by atoms with Crippen LogP contribution in [-0.4, -0.2) is 20.2 Å². The average molecular weight is 263 g/mol. The van der Waals surface area contributed by atoms with Gasteiger partial charge in [-0.05, 0) is 48.9 Å². The number of rotatable bonds is 4. The molecule has 0 spiro atoms. The third-order valence-corrected chi connectivity index (χ3v) is 3.08. The van der Waals surface area contributed by atoms with E-state index in [1.54, 1.807) is 10.7 Å². The van der Waals surface area contributed by atoms with Crippen LogP contribution in [0.4, 0.5) is 10.1 Å². The Bertz CT molecular complexity index is 556. The standard InChI is InChI=1S/C13H18FN5/c1-4-5-13(2,3)19-12(16-17-18-19)9-6-10(14)8-11(15)7-9/h6-8H,4-5,15H2,1-3H3. The van der Waals surface area contributed by atoms with Crippen molar-refractivity contribution in [1.29, 1.82) is 0 Å². The monoisotopic (exact) mass is 263 g/mol. The van der Waals surface area contributed by atoms with Gasteiger partial charge < -0.3 is 5.73 Å². The van der Waals surface area contributed by atoms with Crippen molar-refractivity contribution in [3.8, 4) is 11.4 Å². The van der Waals surface area contributed by atoms with Gasteiger partial charge in [0.25, 0.3) is 0 Å². The highest BCUT2D eigenvalue weighted by atomic mass is 19.1. The number of anilines is 1. The molecule has 5 nitrogen and oxygen atoms in total. The van der Waals surface area contributed by atoms with E-state index in [0.29, 0.717) is 17.1 Å². The fourth-order valence-electron chi connectivity index (χ4n) is 2.23. The molecule has 0 saturated carbocycles. The van der Waals surface area contributed by atoms with Crippen LogP contribution in [0.3, 0.4) is 0 Å². The fraction of sp³-hybridized carbons (Fsp3) is 0.462. The maximum absolute atomic E-state index is 13.4. The van der Waals surface area contributed by atoms with E-state index < -0.39 is 5.82 Å². The topological polar surface area (TPSA) is 69.6 Å². The molecular formula is C13H18FN5. The largest absolute Gasteiger partial charge is 0.399 e. The molecule has 102 valence electrons. The van der Waals surface area contributed by atoms with Crippen LogP contribution < -0.4 is 5.73 Å². The average Bonchev–Trinajstić information content (AvgIpc) is 2.76. The molecule has 0 radical (unpaired) electrons. The second kappa shape index (κ2) is 4.95. The number of benzene rings is 1. The molecule has 0 bridgehead atoms. The van der Waals surface area contributed by atoms with Gasteiger partial charge in [0.15, 0.2) is 5.82 Å². The Hall–Kier alpha value is -1.98. The molecule has 6 heteroatoms. The van der Waals surface area contributed by atoms with Crippen LogP contribution in [0.1, 0.15) is 33.6 Å². The summed E-state index contributed by atoms with van der Waals surface area (Å²) in [6.45, 7) is 6.21. The lowest BCUT2D eigenvalue weighted by Crippen LogP contribution is -2.28. The Morgan fingerprint density at radius 2 is 2.05 bits per heavy atom. The van der Waals surface area contributed by atoms with Gasteiger partial charge in [0.1, 0.15) is 5.82 Å². The van der Waals surface area contributed by atoms with Gasteiger partial charge in [-0.15, -0.1) is 5.10 Å². The number of nitrogens with two attached hydrogens (primary N) is 1. The molecule has 0 unspecified atom stereocenters. The van der Waals surface area contributed by atoms with Crippen molar-refractivity contribution in [1.82, 2.24) is 20.2 Å². The van der Waals surface area contributed by atoms with Gasteiger partial charge in [-0.1, -0.05) is 13.3 Å². The molecule has 0 amide bonds. The Balaban J connectivity index is 2.50. The molecular weight excluding hydrogens is 245 g/mol. The smallest absolute Gasteiger partial charge is 0.182 e. The van der Waals surface area contributed by atoms with Crippen LogP contribution in [0.2, 0.25) is 0 Å². The molecule has 2 N–H and O–H groups in total. The van der Waals surface area contributed by atoms with Crippen molar-refractivity contribution in [3.05, 3.63) is 24.0 Å². The summed E-state index contributed by atoms with van der Waals surface area (Å²) in [6, 6.07) is 4.34. The SMILES string of the molecule is CCCC(C)(C)n1nnnc1-c1cc(N)cc(F)c1. The number of halogens is 1. The first-order chi connectivity index (χ1) is 8.94. The molecule has 0 saturated heterocycles. The summed E-state index contributed by atoms with van der Waals surface area (Å²) in [6.07, 6.45) is 1.94. The second-order valence-corrected chi connectivity index (χ2v) is 5.25. The predicted octanol–water partition coefficient (Wildman–Crippen LogP) is 2.60. The first-order valence-corrected chi connectivity index (χ1v) is 6.29. The van der Waals surface area contributed by atoms with Crippen LogP contribution in [0.5, 0.6) is 0 Å². The minimum atomic E-state index is -0.391. The van der Waals surface area contributed by atoms with Gasteiger partial charge >= 0.3 is 0 Å². The first-order valence-electron chi connectivity index (χ1n) is 6.29. The van der Waals surface area contributed by atoms with Gasteiger partial charge in [0.2, 0.25) is 0 Å². The van der Waals surface area contributed by atoms with Gasteiger partial charge in [-0.3, -0.25) is 0 Å². The van der Waals surface area contributed by atoms with E-state index in [0.717, 1.165) is 12.8 Å². The third kappa shape index (κ3) is 2.72. The zero-order valence-electron chi connectivity index (χ0n) is 11.4. The van der Waals surface area contributed by atoms with Crippen molar-refractivity contribution in [3.63, 3.8) is 0 Å². The van der Waals surface area contributed by atoms with Crippen molar-refractivity contribution in [2.75, 3.05) is 5.73 Å². The molecule has 1 aromatic heterocycles. The van der Waals surface area contributed by atoms with Crippen LogP contribution in [0.25, 0.3) is 11.4 Å². The van der Waals surface area contributed by atoms with E-state index in [2.05, 4.69) is 36.3 Å². The lowest BCUT2D eigenvalue weighted by Gasteiger charge is -2.25. The summed E-state index contributed by atoms with van der Waals surface area (Å²) in [5.74, 6) is 0.141. The molecule has 1 aromatic carbocycles. The molecule has 0 fully saturated rings. The molecule has 2 rings (SSSR count). The van der Waals surface area contributed by atoms with Crippen LogP contribution in [-0.2, 0) is 5.54 Å². The lowest BCUT2D eigenvalue weighted by atomic mass is 9.98. The number of tetrazole rings is 1. The number of hydrogen-bond acceptors (Lipinski definition) is 4. The lowest BCUT2D eigenvalue weighted by molar-refractivity contribution is 0.290. The minimum Gasteiger partial charge on any atom is -0.399 e. The van der Waals surface area contributed by atoms with E-state index in [1.807, 2.05) is 0 Å². The van der Waals surface area contributed by atoms with Crippen molar-refractivity contribution >= 4 is 5.69 Å². The minimum absolute atomic E-state index is 0.228. The van der Waals surface area contributed by atoms with E-state index >= 15 is 0 Å². The summed E-state index contributed by atoms with van der Waals surface area (Å²) < 4.78 is 15.2. The Morgan fingerprint density at radius 3 is 2.68 bits per heavy atom. The predicted molar refractivity (Wildman–Crippen MR) is 71.9 cm³/mol. The molecule has 1 heterocycles. The van der Waals surface area contributed by atoms with Crippen molar-refractivity contribution in [2.45, 2.75) is 39.2 Å². The third-order valence-electron chi connectivity index (χ3n) is 3.08. The number of aromatic nitrogens is 4. The zero-order valence-corrected chi connectivity index (χ0v) is 11.4. The summed E-state index contributed by atoms with van der Waals surface area (Å²) in [7, 11) is 0. The number of nitrogens with zero attached hydrogens (tertiary/aromatic N) is 4. The van der Waals surface area contributed by atoms with Crippen LogP contribution in [0.15, 0.2) is 18.2 Å². The van der Waals surface area contributed by atoms with Gasteiger partial charge in [0, 0.05) is 11.3 Å². The van der Waals surface area contributed by atoms with Crippen molar-refractivity contribution in [2.24, 2.45) is 0 Å². The summed E-state index contributed by atoms with van der Waals surface area (Å²) in [4.78, 5) is 0. The fourth-order valence-corrected chi connectivity index (χ4v) is 2.23. The summed E-state index contributed by atoms with van der Waals surface area (Å²) >= 11 is 0. The number of nitrogen functional groups attached to an aromatic ring is 1. The molecule has 0 atom stereocenters. The van der Waals surface area contributed by atoms with Gasteiger partial charge in [-0.25, -0.2) is 9.07 Å². The summed E-state index contributed by atoms with van der Waals surface area (Å²) in [5, 5.41) is 11.7. The molecule has 0 aliphatic heterocycles. The first kappa shape index (κ1) is 13.5. The molecule has 2 aromatic rings. The zero-order chi connectivity index (χ0) is 14.0. The Morgan fingerprint density at radius 1 is 1.32 bits per heavy atom. The highest BCUT2D eigenvalue weighted by Crippen LogP contribution is 2.27. The van der Waals surface area contributed by atoms with Crippen LogP contribution >= 0.6 is 0 Å². The van der Waals surface area contributed by atoms with Crippen LogP contribution in [0, 0.1) is 5.82 Å². The van der Waals surface area contributed by atoms with Gasteiger partial charge in [0.05, 0.1) is 5.54 Å². The van der Waals surface area contributed by atoms with E-state index in [4.69, 9.17) is 5.73 Å². The Labute approximate surface area is 111 Å². The molecule has 0 aliphatic rings. The van der Waals surface area contributed by atoms with E-state index in [1.165, 1.54) is 12.1 Å². The highest BCUT2D eigenvalue weighted by Gasteiger charge is 2.25.